The van der Waals surface area contributed by atoms with E-state index in [1.807, 2.05) is 6.07 Å². The van der Waals surface area contributed by atoms with Gasteiger partial charge < -0.3 is 5.73 Å². The molecule has 1 fully saturated rings. The Morgan fingerprint density at radius 2 is 2.29 bits per heavy atom. The van der Waals surface area contributed by atoms with Gasteiger partial charge >= 0.3 is 0 Å². The van der Waals surface area contributed by atoms with Crippen LogP contribution in [0.15, 0.2) is 18.5 Å². The minimum absolute atomic E-state index is 0.186. The van der Waals surface area contributed by atoms with Gasteiger partial charge in [0.1, 0.15) is 5.82 Å². The van der Waals surface area contributed by atoms with Crippen molar-refractivity contribution in [2.75, 3.05) is 6.54 Å². The topological polar surface area (TPSA) is 38.9 Å². The van der Waals surface area contributed by atoms with Gasteiger partial charge in [0.2, 0.25) is 0 Å². The van der Waals surface area contributed by atoms with Crippen LogP contribution in [0.1, 0.15) is 44.6 Å². The van der Waals surface area contributed by atoms with Gasteiger partial charge in [0.15, 0.2) is 0 Å². The molecule has 0 spiro atoms. The fourth-order valence-corrected chi connectivity index (χ4v) is 2.97. The largest absolute Gasteiger partial charge is 0.330 e. The average molecular weight is 236 g/mol. The fourth-order valence-electron chi connectivity index (χ4n) is 2.97. The summed E-state index contributed by atoms with van der Waals surface area (Å²) in [4.78, 5) is 3.82. The van der Waals surface area contributed by atoms with Crippen LogP contribution in [0.25, 0.3) is 0 Å². The summed E-state index contributed by atoms with van der Waals surface area (Å²) in [7, 11) is 0. The monoisotopic (exact) mass is 236 g/mol. The van der Waals surface area contributed by atoms with E-state index in [4.69, 9.17) is 5.73 Å². The lowest BCUT2D eigenvalue weighted by Gasteiger charge is -2.40. The maximum atomic E-state index is 13.8. The molecule has 3 heteroatoms. The van der Waals surface area contributed by atoms with Crippen LogP contribution in [-0.4, -0.2) is 11.5 Å². The van der Waals surface area contributed by atoms with Crippen LogP contribution in [0.5, 0.6) is 0 Å². The van der Waals surface area contributed by atoms with Gasteiger partial charge in [0.05, 0.1) is 6.20 Å². The van der Waals surface area contributed by atoms with Gasteiger partial charge in [-0.2, -0.15) is 0 Å². The van der Waals surface area contributed by atoms with Crippen molar-refractivity contribution >= 4 is 0 Å². The number of hydrogen-bond donors (Lipinski definition) is 1. The lowest BCUT2D eigenvalue weighted by atomic mass is 9.65. The summed E-state index contributed by atoms with van der Waals surface area (Å²) < 4.78 is 13.8. The molecule has 1 aromatic heterocycles. The predicted octanol–water partition coefficient (Wildman–Crippen LogP) is 3.09. The Labute approximate surface area is 102 Å². The molecule has 2 nitrogen and oxygen atoms in total. The molecule has 0 bridgehead atoms. The Morgan fingerprint density at radius 3 is 2.94 bits per heavy atom. The van der Waals surface area contributed by atoms with E-state index >= 15 is 0 Å². The van der Waals surface area contributed by atoms with Crippen molar-refractivity contribution in [2.24, 2.45) is 17.1 Å². The zero-order valence-corrected chi connectivity index (χ0v) is 10.6. The first kappa shape index (κ1) is 12.5. The SMILES string of the molecule is CC1(C)CCC(CN)C(c2ccncc2F)C1. The average Bonchev–Trinajstić information content (AvgIpc) is 2.28. The van der Waals surface area contributed by atoms with Crippen molar-refractivity contribution in [1.29, 1.82) is 0 Å². The van der Waals surface area contributed by atoms with E-state index in [0.29, 0.717) is 12.5 Å². The third-order valence-corrected chi connectivity index (χ3v) is 4.04. The van der Waals surface area contributed by atoms with Crippen LogP contribution in [-0.2, 0) is 0 Å². The van der Waals surface area contributed by atoms with Gasteiger partial charge in [-0.05, 0) is 54.7 Å². The predicted molar refractivity (Wildman–Crippen MR) is 67.1 cm³/mol. The maximum Gasteiger partial charge on any atom is 0.144 e. The molecule has 0 amide bonds. The Bertz CT molecular complexity index is 390. The molecule has 2 rings (SSSR count). The van der Waals surface area contributed by atoms with Gasteiger partial charge in [0.25, 0.3) is 0 Å². The van der Waals surface area contributed by atoms with Crippen molar-refractivity contribution in [1.82, 2.24) is 4.98 Å². The van der Waals surface area contributed by atoms with Crippen LogP contribution in [0.3, 0.4) is 0 Å². The van der Waals surface area contributed by atoms with Gasteiger partial charge in [-0.3, -0.25) is 4.98 Å². The number of halogens is 1. The first-order valence-corrected chi connectivity index (χ1v) is 6.33. The van der Waals surface area contributed by atoms with Crippen LogP contribution in [0, 0.1) is 17.2 Å². The first-order valence-electron chi connectivity index (χ1n) is 6.33. The number of pyridine rings is 1. The smallest absolute Gasteiger partial charge is 0.144 e. The van der Waals surface area contributed by atoms with Crippen molar-refractivity contribution in [3.63, 3.8) is 0 Å². The highest BCUT2D eigenvalue weighted by molar-refractivity contribution is 5.20. The van der Waals surface area contributed by atoms with Crippen molar-refractivity contribution in [3.05, 3.63) is 29.8 Å². The van der Waals surface area contributed by atoms with Crippen LogP contribution in [0.2, 0.25) is 0 Å². The molecule has 2 atom stereocenters. The summed E-state index contributed by atoms with van der Waals surface area (Å²) in [6.07, 6.45) is 6.27. The second-order valence-corrected chi connectivity index (χ2v) is 5.91. The molecule has 0 aliphatic heterocycles. The highest BCUT2D eigenvalue weighted by Crippen LogP contribution is 2.46. The standard InChI is InChI=1S/C14H21FN2/c1-14(2)5-3-10(8-16)12(7-14)11-4-6-17-9-13(11)15/h4,6,9-10,12H,3,5,7-8,16H2,1-2H3. The number of hydrogen-bond acceptors (Lipinski definition) is 2. The van der Waals surface area contributed by atoms with Crippen LogP contribution >= 0.6 is 0 Å². The Morgan fingerprint density at radius 1 is 1.53 bits per heavy atom. The molecule has 1 aliphatic carbocycles. The highest BCUT2D eigenvalue weighted by atomic mass is 19.1. The minimum Gasteiger partial charge on any atom is -0.330 e. The Kier molecular flexibility index (Phi) is 3.48. The Balaban J connectivity index is 2.30. The van der Waals surface area contributed by atoms with Gasteiger partial charge in [-0.25, -0.2) is 4.39 Å². The summed E-state index contributed by atoms with van der Waals surface area (Å²) in [5, 5.41) is 0. The molecule has 1 aromatic rings. The first-order chi connectivity index (χ1) is 8.03. The third kappa shape index (κ3) is 2.65. The van der Waals surface area contributed by atoms with E-state index in [1.165, 1.54) is 12.6 Å². The molecule has 0 aromatic carbocycles. The van der Waals surface area contributed by atoms with Crippen molar-refractivity contribution < 1.29 is 4.39 Å². The van der Waals surface area contributed by atoms with Gasteiger partial charge in [-0.15, -0.1) is 0 Å². The van der Waals surface area contributed by atoms with E-state index in [0.717, 1.165) is 18.4 Å². The molecule has 1 aliphatic rings. The Hall–Kier alpha value is -0.960. The summed E-state index contributed by atoms with van der Waals surface area (Å²) in [6, 6.07) is 1.81. The zero-order chi connectivity index (χ0) is 12.5. The van der Waals surface area contributed by atoms with Crippen LogP contribution in [0.4, 0.5) is 4.39 Å². The number of nitrogens with two attached hydrogens (primary N) is 1. The summed E-state index contributed by atoms with van der Waals surface area (Å²) in [5.41, 5.74) is 6.91. The number of aromatic nitrogens is 1. The van der Waals surface area contributed by atoms with Gasteiger partial charge in [-0.1, -0.05) is 13.8 Å². The lowest BCUT2D eigenvalue weighted by molar-refractivity contribution is 0.163. The highest BCUT2D eigenvalue weighted by Gasteiger charge is 2.36. The van der Waals surface area contributed by atoms with Crippen molar-refractivity contribution in [2.45, 2.75) is 39.0 Å². The van der Waals surface area contributed by atoms with Crippen molar-refractivity contribution in [3.8, 4) is 0 Å². The molecular formula is C14H21FN2. The van der Waals surface area contributed by atoms with Crippen LogP contribution < -0.4 is 5.73 Å². The van der Waals surface area contributed by atoms with Gasteiger partial charge in [0, 0.05) is 6.20 Å². The second-order valence-electron chi connectivity index (χ2n) is 5.91. The van der Waals surface area contributed by atoms with E-state index in [9.17, 15) is 4.39 Å². The molecule has 1 heterocycles. The molecule has 1 saturated carbocycles. The second kappa shape index (κ2) is 4.73. The fraction of sp³-hybridized carbons (Fsp3) is 0.643. The minimum atomic E-state index is -0.186. The third-order valence-electron chi connectivity index (χ3n) is 4.04. The molecule has 94 valence electrons. The van der Waals surface area contributed by atoms with E-state index < -0.39 is 0 Å². The molecule has 0 radical (unpaired) electrons. The maximum absolute atomic E-state index is 13.8. The number of rotatable bonds is 2. The summed E-state index contributed by atoms with van der Waals surface area (Å²) >= 11 is 0. The zero-order valence-electron chi connectivity index (χ0n) is 10.6. The molecule has 2 unspecified atom stereocenters. The normalized spacial score (nSPS) is 28.0. The molecule has 0 saturated heterocycles. The quantitative estimate of drug-likeness (QED) is 0.857. The number of nitrogens with zero attached hydrogens (tertiary/aromatic N) is 1. The molecule has 2 N–H and O–H groups in total. The lowest BCUT2D eigenvalue weighted by Crippen LogP contribution is -2.33. The van der Waals surface area contributed by atoms with E-state index in [2.05, 4.69) is 18.8 Å². The molecule has 17 heavy (non-hydrogen) atoms. The summed E-state index contributed by atoms with van der Waals surface area (Å²) in [5.74, 6) is 0.459. The molecular weight excluding hydrogens is 215 g/mol. The summed E-state index contributed by atoms with van der Waals surface area (Å²) in [6.45, 7) is 5.15. The van der Waals surface area contributed by atoms with E-state index in [-0.39, 0.29) is 17.2 Å². The van der Waals surface area contributed by atoms with E-state index in [1.54, 1.807) is 6.20 Å².